The van der Waals surface area contributed by atoms with Crippen LogP contribution in [-0.4, -0.2) is 51.9 Å². The molecule has 5 aliphatic rings. The Morgan fingerprint density at radius 1 is 1.05 bits per heavy atom. The number of aliphatic carboxylic acids is 1. The molecule has 1 aromatic rings. The van der Waals surface area contributed by atoms with E-state index in [1.807, 2.05) is 6.07 Å². The van der Waals surface area contributed by atoms with Crippen LogP contribution in [0, 0.1) is 5.92 Å². The summed E-state index contributed by atoms with van der Waals surface area (Å²) in [6, 6.07) is 4.32. The van der Waals surface area contributed by atoms with E-state index in [-0.39, 0.29) is 12.1 Å². The number of carbonyl (C=O) groups is 1. The Labute approximate surface area is 266 Å². The Kier molecular flexibility index (Phi) is 9.93. The highest BCUT2D eigenvalue weighted by molar-refractivity contribution is 5.79. The third kappa shape index (κ3) is 5.93. The lowest BCUT2D eigenvalue weighted by atomic mass is 9.48. The van der Waals surface area contributed by atoms with Crippen molar-refractivity contribution in [3.8, 4) is 5.75 Å². The molecular weight excluding hydrogens is 546 g/mol. The summed E-state index contributed by atoms with van der Waals surface area (Å²) in [6.07, 6.45) is 25.5. The minimum atomic E-state index is -0.856. The molecule has 2 N–H and O–H groups in total. The molecule has 44 heavy (non-hydrogen) atoms. The van der Waals surface area contributed by atoms with Gasteiger partial charge in [-0.15, -0.1) is 0 Å². The maximum Gasteiger partial charge on any atom is 0.311 e. The maximum absolute atomic E-state index is 12.7. The van der Waals surface area contributed by atoms with Crippen LogP contribution in [-0.2, 0) is 16.6 Å². The van der Waals surface area contributed by atoms with Crippen molar-refractivity contribution in [2.45, 2.75) is 158 Å². The summed E-state index contributed by atoms with van der Waals surface area (Å²) in [6.45, 7) is 8.76. The molecule has 242 valence electrons. The predicted octanol–water partition coefficient (Wildman–Crippen LogP) is 8.62. The van der Waals surface area contributed by atoms with Gasteiger partial charge in [0, 0.05) is 23.7 Å². The van der Waals surface area contributed by atoms with E-state index in [4.69, 9.17) is 4.74 Å². The minimum absolute atomic E-state index is 0.0982. The number of ether oxygens (including phenoxy) is 1. The van der Waals surface area contributed by atoms with Crippen molar-refractivity contribution in [1.29, 1.82) is 0 Å². The van der Waals surface area contributed by atoms with Crippen molar-refractivity contribution in [2.75, 3.05) is 13.1 Å². The summed E-state index contributed by atoms with van der Waals surface area (Å²) >= 11 is 0. The van der Waals surface area contributed by atoms with E-state index in [2.05, 4.69) is 36.6 Å². The zero-order valence-corrected chi connectivity index (χ0v) is 27.3. The number of aliphatic hydroxyl groups is 1. The molecule has 5 nitrogen and oxygen atoms in total. The zero-order valence-electron chi connectivity index (χ0n) is 27.3. The van der Waals surface area contributed by atoms with Gasteiger partial charge in [0.25, 0.3) is 0 Å². The lowest BCUT2D eigenvalue weighted by molar-refractivity contribution is -0.174. The van der Waals surface area contributed by atoms with Crippen molar-refractivity contribution >= 4 is 5.97 Å². The summed E-state index contributed by atoms with van der Waals surface area (Å²) in [4.78, 5) is 15.3. The van der Waals surface area contributed by atoms with E-state index in [9.17, 15) is 15.0 Å². The summed E-state index contributed by atoms with van der Waals surface area (Å²) in [5, 5.41) is 23.1. The van der Waals surface area contributed by atoms with Gasteiger partial charge in [0.1, 0.15) is 11.9 Å². The Morgan fingerprint density at radius 3 is 2.45 bits per heavy atom. The van der Waals surface area contributed by atoms with Gasteiger partial charge in [-0.3, -0.25) is 9.69 Å². The van der Waals surface area contributed by atoms with Crippen LogP contribution < -0.4 is 4.74 Å². The number of allylic oxidation sites excluding steroid dienone is 2. The topological polar surface area (TPSA) is 70.0 Å². The number of piperidine rings is 1. The number of hydrogen-bond acceptors (Lipinski definition) is 4. The van der Waals surface area contributed by atoms with Crippen LogP contribution in [0.1, 0.15) is 145 Å². The second kappa shape index (κ2) is 13.7. The first-order chi connectivity index (χ1) is 21.4. The van der Waals surface area contributed by atoms with Gasteiger partial charge in [-0.25, -0.2) is 0 Å². The van der Waals surface area contributed by atoms with Crippen LogP contribution in [0.25, 0.3) is 0 Å². The van der Waals surface area contributed by atoms with Gasteiger partial charge in [-0.05, 0) is 94.2 Å². The summed E-state index contributed by atoms with van der Waals surface area (Å²) < 4.78 is 6.82. The monoisotopic (exact) mass is 603 g/mol. The van der Waals surface area contributed by atoms with E-state index in [1.54, 1.807) is 0 Å². The Morgan fingerprint density at radius 2 is 1.75 bits per heavy atom. The predicted molar refractivity (Wildman–Crippen MR) is 177 cm³/mol. The number of benzene rings is 1. The second-order valence-electron chi connectivity index (χ2n) is 14.9. The smallest absolute Gasteiger partial charge is 0.311 e. The van der Waals surface area contributed by atoms with Crippen molar-refractivity contribution < 1.29 is 19.7 Å². The Bertz CT molecular complexity index is 1220. The molecule has 5 heteroatoms. The third-order valence-corrected chi connectivity index (χ3v) is 11.9. The molecule has 6 rings (SSSR count). The lowest BCUT2D eigenvalue weighted by Gasteiger charge is -2.63. The number of nitrogens with zero attached hydrogens (tertiary/aromatic N) is 1. The standard InChI is InChI=1S/C39H57NO4/c1-3-4-5-6-7-8-9-10-11-12-13-14-15-16-17-32(37(41)42)31-21-20-30-26-33-39(43)23-22-28(2)36-38(39,34(30)35(31)44-36)24-25-40(33)27-29-18-19-29/h10-11,20-21,29,32-33,36,43H,2-9,12-19,22-27H2,1H3,(H,41,42)/t32?,33?,36-,38-,39+/m0/s1. The molecule has 0 radical (unpaired) electrons. The molecule has 1 aromatic carbocycles. The average Bonchev–Trinajstić information content (AvgIpc) is 3.75. The number of carboxylic acids is 1. The number of likely N-dealkylation sites (tertiary alicyclic amines) is 1. The van der Waals surface area contributed by atoms with Crippen LogP contribution in [0.5, 0.6) is 5.75 Å². The number of carboxylic acid groups (broad SMARTS) is 1. The summed E-state index contributed by atoms with van der Waals surface area (Å²) in [7, 11) is 0. The highest BCUT2D eigenvalue weighted by Crippen LogP contribution is 2.66. The fourth-order valence-corrected chi connectivity index (χ4v) is 9.36. The van der Waals surface area contributed by atoms with Crippen LogP contribution in [0.3, 0.4) is 0 Å². The number of unbranched alkanes of at least 4 members (excludes halogenated alkanes) is 10. The van der Waals surface area contributed by atoms with Gasteiger partial charge in [-0.1, -0.05) is 89.2 Å². The van der Waals surface area contributed by atoms with E-state index in [0.29, 0.717) is 6.42 Å². The number of hydrogen-bond donors (Lipinski definition) is 2. The third-order valence-electron chi connectivity index (χ3n) is 11.9. The van der Waals surface area contributed by atoms with Gasteiger partial charge < -0.3 is 14.9 Å². The Hall–Kier alpha value is -2.11. The van der Waals surface area contributed by atoms with Crippen molar-refractivity contribution in [3.63, 3.8) is 0 Å². The van der Waals surface area contributed by atoms with Gasteiger partial charge >= 0.3 is 5.97 Å². The average molecular weight is 604 g/mol. The first-order valence-corrected chi connectivity index (χ1v) is 18.3. The molecule has 3 fully saturated rings. The van der Waals surface area contributed by atoms with Crippen molar-refractivity contribution in [1.82, 2.24) is 4.90 Å². The minimum Gasteiger partial charge on any atom is -0.484 e. The quantitative estimate of drug-likeness (QED) is 0.130. The molecule has 0 amide bonds. The molecule has 5 atom stereocenters. The molecule has 0 aromatic heterocycles. The molecule has 2 saturated carbocycles. The fourth-order valence-electron chi connectivity index (χ4n) is 9.36. The lowest BCUT2D eigenvalue weighted by Crippen LogP contribution is -2.75. The SMILES string of the molecule is C=C1CC[C@@]2(O)C3Cc4ccc(C(CCCCCCC=CCCCCCCCC)C(=O)O)c5c4[C@@]2(CCN3CC2CC2)[C@H]1O5. The van der Waals surface area contributed by atoms with Crippen molar-refractivity contribution in [3.05, 3.63) is 53.1 Å². The van der Waals surface area contributed by atoms with Gasteiger partial charge in [0.15, 0.2) is 0 Å². The van der Waals surface area contributed by atoms with E-state index >= 15 is 0 Å². The van der Waals surface area contributed by atoms with Crippen LogP contribution >= 0.6 is 0 Å². The highest BCUT2D eigenvalue weighted by Gasteiger charge is 2.71. The normalized spacial score (nSPS) is 29.5. The summed E-state index contributed by atoms with van der Waals surface area (Å²) in [5.41, 5.74) is 2.90. The van der Waals surface area contributed by atoms with E-state index < -0.39 is 22.9 Å². The molecule has 2 bridgehead atoms. The van der Waals surface area contributed by atoms with Gasteiger partial charge in [0.2, 0.25) is 0 Å². The van der Waals surface area contributed by atoms with Gasteiger partial charge in [0.05, 0.1) is 16.9 Å². The first-order valence-electron chi connectivity index (χ1n) is 18.3. The van der Waals surface area contributed by atoms with Gasteiger partial charge in [-0.2, -0.15) is 0 Å². The first kappa shape index (κ1) is 31.9. The van der Waals surface area contributed by atoms with E-state index in [1.165, 1.54) is 69.8 Å². The summed E-state index contributed by atoms with van der Waals surface area (Å²) in [5.74, 6) is 0.199. The molecule has 3 aliphatic carbocycles. The van der Waals surface area contributed by atoms with E-state index in [0.717, 1.165) is 92.8 Å². The van der Waals surface area contributed by atoms with Crippen LogP contribution in [0.2, 0.25) is 0 Å². The molecule has 2 aliphatic heterocycles. The second-order valence-corrected chi connectivity index (χ2v) is 14.9. The zero-order chi connectivity index (χ0) is 30.7. The van der Waals surface area contributed by atoms with Crippen LogP contribution in [0.15, 0.2) is 36.4 Å². The number of rotatable bonds is 18. The molecule has 1 saturated heterocycles. The molecule has 2 unspecified atom stereocenters. The largest absolute Gasteiger partial charge is 0.484 e. The highest BCUT2D eigenvalue weighted by atomic mass is 16.5. The fraction of sp³-hybridized carbons (Fsp3) is 0.718. The molecular formula is C39H57NO4. The Balaban J connectivity index is 1.08. The maximum atomic E-state index is 12.7. The van der Waals surface area contributed by atoms with Crippen molar-refractivity contribution in [2.24, 2.45) is 5.92 Å². The molecule has 2 heterocycles. The van der Waals surface area contributed by atoms with Crippen LogP contribution in [0.4, 0.5) is 0 Å². The molecule has 1 spiro atoms.